The molecule has 3 heteroatoms. The van der Waals surface area contributed by atoms with Crippen LogP contribution in [0.3, 0.4) is 0 Å². The lowest BCUT2D eigenvalue weighted by atomic mass is 10.1. The van der Waals surface area contributed by atoms with E-state index in [1.54, 1.807) is 6.08 Å². The van der Waals surface area contributed by atoms with Crippen LogP contribution in [0.4, 0.5) is 14.5 Å². The second kappa shape index (κ2) is 5.49. The van der Waals surface area contributed by atoms with Crippen molar-refractivity contribution in [1.82, 2.24) is 0 Å². The van der Waals surface area contributed by atoms with Crippen molar-refractivity contribution in [3.8, 4) is 0 Å². The fourth-order valence-corrected chi connectivity index (χ4v) is 1.31. The monoisotopic (exact) mass is 211 g/mol. The van der Waals surface area contributed by atoms with Crippen LogP contribution in [0.1, 0.15) is 19.8 Å². The van der Waals surface area contributed by atoms with Crippen LogP contribution in [0.5, 0.6) is 0 Å². The highest BCUT2D eigenvalue weighted by molar-refractivity contribution is 5.45. The van der Waals surface area contributed by atoms with Gasteiger partial charge in [-0.3, -0.25) is 0 Å². The van der Waals surface area contributed by atoms with Crippen LogP contribution in [0.25, 0.3) is 0 Å². The van der Waals surface area contributed by atoms with Crippen molar-refractivity contribution in [2.75, 3.05) is 5.32 Å². The van der Waals surface area contributed by atoms with E-state index < -0.39 is 11.6 Å². The van der Waals surface area contributed by atoms with Crippen molar-refractivity contribution in [2.24, 2.45) is 0 Å². The number of halogens is 2. The molecule has 0 heterocycles. The van der Waals surface area contributed by atoms with Gasteiger partial charge >= 0.3 is 0 Å². The van der Waals surface area contributed by atoms with Crippen LogP contribution in [0.15, 0.2) is 30.9 Å². The number of anilines is 1. The maximum absolute atomic E-state index is 13.2. The van der Waals surface area contributed by atoms with Gasteiger partial charge in [0.05, 0.1) is 5.69 Å². The van der Waals surface area contributed by atoms with Crippen LogP contribution in [-0.2, 0) is 0 Å². The zero-order chi connectivity index (χ0) is 11.3. The van der Waals surface area contributed by atoms with Gasteiger partial charge in [-0.15, -0.1) is 6.58 Å². The Kier molecular flexibility index (Phi) is 4.28. The fraction of sp³-hybridized carbons (Fsp3) is 0.333. The molecule has 0 aliphatic carbocycles. The van der Waals surface area contributed by atoms with E-state index in [2.05, 4.69) is 11.9 Å². The van der Waals surface area contributed by atoms with Crippen molar-refractivity contribution in [3.05, 3.63) is 42.5 Å². The summed E-state index contributed by atoms with van der Waals surface area (Å²) in [6.07, 6.45) is 3.50. The van der Waals surface area contributed by atoms with Gasteiger partial charge in [-0.05, 0) is 38.0 Å². The molecule has 1 unspecified atom stereocenters. The Hall–Kier alpha value is -1.38. The summed E-state index contributed by atoms with van der Waals surface area (Å²) in [6, 6.07) is 3.49. The normalized spacial score (nSPS) is 12.2. The Bertz CT molecular complexity index is 336. The number of benzene rings is 1. The molecule has 0 spiro atoms. The lowest BCUT2D eigenvalue weighted by molar-refractivity contribution is 0.598. The van der Waals surface area contributed by atoms with E-state index in [4.69, 9.17) is 0 Å². The molecule has 15 heavy (non-hydrogen) atoms. The van der Waals surface area contributed by atoms with Gasteiger partial charge in [-0.25, -0.2) is 8.78 Å². The van der Waals surface area contributed by atoms with E-state index in [1.807, 2.05) is 6.92 Å². The van der Waals surface area contributed by atoms with Gasteiger partial charge in [-0.1, -0.05) is 6.08 Å². The topological polar surface area (TPSA) is 12.0 Å². The van der Waals surface area contributed by atoms with Gasteiger partial charge in [0.2, 0.25) is 0 Å². The average molecular weight is 211 g/mol. The Morgan fingerprint density at radius 2 is 2.20 bits per heavy atom. The molecule has 0 saturated carbocycles. The summed E-state index contributed by atoms with van der Waals surface area (Å²) in [4.78, 5) is 0. The largest absolute Gasteiger partial charge is 0.380 e. The van der Waals surface area contributed by atoms with E-state index in [0.29, 0.717) is 0 Å². The third-order valence-electron chi connectivity index (χ3n) is 2.13. The van der Waals surface area contributed by atoms with Gasteiger partial charge in [0.1, 0.15) is 11.6 Å². The summed E-state index contributed by atoms with van der Waals surface area (Å²) in [6.45, 7) is 5.53. The van der Waals surface area contributed by atoms with Crippen LogP contribution in [0, 0.1) is 11.6 Å². The highest BCUT2D eigenvalue weighted by Crippen LogP contribution is 2.17. The minimum absolute atomic E-state index is 0.0966. The van der Waals surface area contributed by atoms with Gasteiger partial charge in [0, 0.05) is 6.04 Å². The van der Waals surface area contributed by atoms with Crippen LogP contribution in [0.2, 0.25) is 0 Å². The maximum Gasteiger partial charge on any atom is 0.146 e. The van der Waals surface area contributed by atoms with E-state index in [1.165, 1.54) is 6.07 Å². The van der Waals surface area contributed by atoms with Gasteiger partial charge in [-0.2, -0.15) is 0 Å². The molecule has 1 atom stereocenters. The molecule has 0 aromatic heterocycles. The lowest BCUT2D eigenvalue weighted by Crippen LogP contribution is -2.15. The smallest absolute Gasteiger partial charge is 0.146 e. The van der Waals surface area contributed by atoms with E-state index in [9.17, 15) is 8.78 Å². The Labute approximate surface area is 88.8 Å². The maximum atomic E-state index is 13.2. The standard InChI is InChI=1S/C12H15F2N/c1-3-4-5-9(2)15-12-8-10(13)6-7-11(12)14/h3,6-9,15H,1,4-5H2,2H3. The minimum atomic E-state index is -0.435. The fourth-order valence-electron chi connectivity index (χ4n) is 1.31. The second-order valence-corrected chi connectivity index (χ2v) is 3.54. The molecule has 0 bridgehead atoms. The van der Waals surface area contributed by atoms with Crippen molar-refractivity contribution < 1.29 is 8.78 Å². The summed E-state index contributed by atoms with van der Waals surface area (Å²) in [5.41, 5.74) is 0.214. The second-order valence-electron chi connectivity index (χ2n) is 3.54. The molecule has 0 saturated heterocycles. The molecule has 1 nitrogen and oxygen atoms in total. The van der Waals surface area contributed by atoms with Gasteiger partial charge < -0.3 is 5.32 Å². The molecule has 82 valence electrons. The number of rotatable bonds is 5. The zero-order valence-electron chi connectivity index (χ0n) is 8.76. The number of hydrogen-bond acceptors (Lipinski definition) is 1. The van der Waals surface area contributed by atoms with Crippen LogP contribution < -0.4 is 5.32 Å². The predicted molar refractivity (Wildman–Crippen MR) is 58.9 cm³/mol. The molecule has 0 aliphatic rings. The van der Waals surface area contributed by atoms with Crippen molar-refractivity contribution in [3.63, 3.8) is 0 Å². The van der Waals surface area contributed by atoms with E-state index in [-0.39, 0.29) is 11.7 Å². The first-order valence-electron chi connectivity index (χ1n) is 4.96. The Morgan fingerprint density at radius 3 is 2.87 bits per heavy atom. The van der Waals surface area contributed by atoms with Gasteiger partial charge in [0.15, 0.2) is 0 Å². The van der Waals surface area contributed by atoms with Crippen molar-refractivity contribution >= 4 is 5.69 Å². The highest BCUT2D eigenvalue weighted by Gasteiger charge is 2.06. The summed E-state index contributed by atoms with van der Waals surface area (Å²) in [5.74, 6) is -0.864. The Morgan fingerprint density at radius 1 is 1.47 bits per heavy atom. The van der Waals surface area contributed by atoms with Crippen molar-refractivity contribution in [1.29, 1.82) is 0 Å². The van der Waals surface area contributed by atoms with E-state index >= 15 is 0 Å². The lowest BCUT2D eigenvalue weighted by Gasteiger charge is -2.14. The molecule has 0 amide bonds. The molecular weight excluding hydrogens is 196 g/mol. The summed E-state index contributed by atoms with van der Waals surface area (Å²) >= 11 is 0. The zero-order valence-corrected chi connectivity index (χ0v) is 8.76. The van der Waals surface area contributed by atoms with Crippen LogP contribution in [-0.4, -0.2) is 6.04 Å². The van der Waals surface area contributed by atoms with Gasteiger partial charge in [0.25, 0.3) is 0 Å². The molecule has 0 aliphatic heterocycles. The summed E-state index contributed by atoms with van der Waals surface area (Å²) in [7, 11) is 0. The third-order valence-corrected chi connectivity index (χ3v) is 2.13. The van der Waals surface area contributed by atoms with Crippen molar-refractivity contribution in [2.45, 2.75) is 25.8 Å². The number of nitrogens with one attached hydrogen (secondary N) is 1. The average Bonchev–Trinajstić information content (AvgIpc) is 2.20. The molecule has 1 N–H and O–H groups in total. The summed E-state index contributed by atoms with van der Waals surface area (Å²) in [5, 5.41) is 2.92. The molecule has 1 rings (SSSR count). The molecule has 1 aromatic rings. The first-order chi connectivity index (χ1) is 7.13. The number of allylic oxidation sites excluding steroid dienone is 1. The molecule has 1 aromatic carbocycles. The summed E-state index contributed by atoms with van der Waals surface area (Å²) < 4.78 is 26.0. The third kappa shape index (κ3) is 3.70. The highest BCUT2D eigenvalue weighted by atomic mass is 19.1. The Balaban J connectivity index is 2.62. The SMILES string of the molecule is C=CCCC(C)Nc1cc(F)ccc1F. The molecule has 0 fully saturated rings. The van der Waals surface area contributed by atoms with Crippen LogP contribution >= 0.6 is 0 Å². The minimum Gasteiger partial charge on any atom is -0.380 e. The van der Waals surface area contributed by atoms with E-state index in [0.717, 1.165) is 25.0 Å². The molecular formula is C12H15F2N. The number of hydrogen-bond donors (Lipinski definition) is 1. The first kappa shape index (κ1) is 11.7. The predicted octanol–water partition coefficient (Wildman–Crippen LogP) is 3.73. The quantitative estimate of drug-likeness (QED) is 0.732. The molecule has 0 radical (unpaired) electrons. The first-order valence-corrected chi connectivity index (χ1v) is 4.96.